The molecule has 0 fully saturated rings. The third kappa shape index (κ3) is 3.22. The Hall–Kier alpha value is -2.14. The van der Waals surface area contributed by atoms with E-state index in [1.54, 1.807) is 0 Å². The van der Waals surface area contributed by atoms with Gasteiger partial charge in [-0.25, -0.2) is 4.98 Å². The van der Waals surface area contributed by atoms with E-state index in [0.29, 0.717) is 12.2 Å². The molecule has 0 spiro atoms. The first-order chi connectivity index (χ1) is 11.4. The number of carbonyl (C=O) groups is 1. The van der Waals surface area contributed by atoms with Crippen LogP contribution in [0.2, 0.25) is 0 Å². The fourth-order valence-corrected chi connectivity index (χ4v) is 2.78. The standard InChI is InChI=1S/C19H26N4O/c1-13(19(2,3)4)21-18(24)16-15-12-20-10-11-23(15)17(22-16)14-8-6-5-7-9-14/h5-9,13,20H,10-12H2,1-4H3,(H,21,24)/t13-/m1/s1. The second-order valence-corrected chi connectivity index (χ2v) is 7.49. The smallest absolute Gasteiger partial charge is 0.272 e. The molecule has 5 heteroatoms. The number of hydrogen-bond acceptors (Lipinski definition) is 3. The van der Waals surface area contributed by atoms with Crippen molar-refractivity contribution in [3.63, 3.8) is 0 Å². The van der Waals surface area contributed by atoms with Crippen molar-refractivity contribution in [2.75, 3.05) is 6.54 Å². The third-order valence-corrected chi connectivity index (χ3v) is 4.77. The number of imidazole rings is 1. The summed E-state index contributed by atoms with van der Waals surface area (Å²) in [6.07, 6.45) is 0. The van der Waals surface area contributed by atoms with E-state index in [4.69, 9.17) is 4.98 Å². The van der Waals surface area contributed by atoms with Crippen LogP contribution in [0.4, 0.5) is 0 Å². The van der Waals surface area contributed by atoms with Crippen LogP contribution in [0, 0.1) is 5.41 Å². The molecule has 0 unspecified atom stereocenters. The van der Waals surface area contributed by atoms with Gasteiger partial charge in [0.15, 0.2) is 5.69 Å². The number of fused-ring (bicyclic) bond motifs is 1. The van der Waals surface area contributed by atoms with Gasteiger partial charge in [-0.1, -0.05) is 51.1 Å². The van der Waals surface area contributed by atoms with Crippen LogP contribution in [0.5, 0.6) is 0 Å². The van der Waals surface area contributed by atoms with Crippen molar-refractivity contribution in [1.29, 1.82) is 0 Å². The Bertz CT molecular complexity index is 728. The molecule has 0 aliphatic carbocycles. The molecule has 0 radical (unpaired) electrons. The summed E-state index contributed by atoms with van der Waals surface area (Å²) in [5, 5.41) is 6.45. The van der Waals surface area contributed by atoms with E-state index >= 15 is 0 Å². The number of hydrogen-bond donors (Lipinski definition) is 2. The summed E-state index contributed by atoms with van der Waals surface area (Å²) in [5.74, 6) is 0.785. The summed E-state index contributed by atoms with van der Waals surface area (Å²) in [4.78, 5) is 17.5. The van der Waals surface area contributed by atoms with Crippen molar-refractivity contribution in [1.82, 2.24) is 20.2 Å². The van der Waals surface area contributed by atoms with Crippen LogP contribution < -0.4 is 10.6 Å². The van der Waals surface area contributed by atoms with E-state index in [1.165, 1.54) is 0 Å². The molecule has 1 aromatic carbocycles. The molecule has 24 heavy (non-hydrogen) atoms. The van der Waals surface area contributed by atoms with Crippen molar-refractivity contribution in [2.24, 2.45) is 5.41 Å². The van der Waals surface area contributed by atoms with Gasteiger partial charge in [-0.3, -0.25) is 4.79 Å². The maximum atomic E-state index is 12.8. The van der Waals surface area contributed by atoms with Crippen molar-refractivity contribution in [3.8, 4) is 11.4 Å². The average Bonchev–Trinajstić information content (AvgIpc) is 2.94. The zero-order valence-corrected chi connectivity index (χ0v) is 14.9. The lowest BCUT2D eigenvalue weighted by Crippen LogP contribution is -2.42. The molecule has 2 N–H and O–H groups in total. The Morgan fingerprint density at radius 2 is 2.00 bits per heavy atom. The van der Waals surface area contributed by atoms with E-state index < -0.39 is 0 Å². The molecule has 2 heterocycles. The van der Waals surface area contributed by atoms with Gasteiger partial charge < -0.3 is 15.2 Å². The topological polar surface area (TPSA) is 59.0 Å². The normalized spacial score (nSPS) is 15.7. The third-order valence-electron chi connectivity index (χ3n) is 4.77. The summed E-state index contributed by atoms with van der Waals surface area (Å²) >= 11 is 0. The average molecular weight is 326 g/mol. The van der Waals surface area contributed by atoms with Crippen LogP contribution in [0.1, 0.15) is 43.9 Å². The number of benzene rings is 1. The summed E-state index contributed by atoms with van der Waals surface area (Å²) in [5.41, 5.74) is 2.56. The van der Waals surface area contributed by atoms with E-state index in [1.807, 2.05) is 37.3 Å². The quantitative estimate of drug-likeness (QED) is 0.912. The van der Waals surface area contributed by atoms with Gasteiger partial charge in [0.1, 0.15) is 5.82 Å². The summed E-state index contributed by atoms with van der Waals surface area (Å²) in [6, 6.07) is 10.1. The van der Waals surface area contributed by atoms with Gasteiger partial charge in [0.25, 0.3) is 5.91 Å². The number of aromatic nitrogens is 2. The minimum atomic E-state index is -0.0907. The van der Waals surface area contributed by atoms with Gasteiger partial charge in [0, 0.05) is 31.2 Å². The monoisotopic (exact) mass is 326 g/mol. The lowest BCUT2D eigenvalue weighted by Gasteiger charge is -2.28. The van der Waals surface area contributed by atoms with Crippen LogP contribution in [0.25, 0.3) is 11.4 Å². The Morgan fingerprint density at radius 3 is 2.67 bits per heavy atom. The highest BCUT2D eigenvalue weighted by Gasteiger charge is 2.28. The predicted octanol–water partition coefficient (Wildman–Crippen LogP) is 2.82. The fourth-order valence-electron chi connectivity index (χ4n) is 2.78. The Balaban J connectivity index is 1.97. The fraction of sp³-hybridized carbons (Fsp3) is 0.474. The minimum absolute atomic E-state index is 0.00989. The second kappa shape index (κ2) is 6.40. The highest BCUT2D eigenvalue weighted by atomic mass is 16.2. The molecular weight excluding hydrogens is 300 g/mol. The minimum Gasteiger partial charge on any atom is -0.348 e. The lowest BCUT2D eigenvalue weighted by molar-refractivity contribution is 0.0904. The van der Waals surface area contributed by atoms with E-state index in [-0.39, 0.29) is 17.4 Å². The maximum absolute atomic E-state index is 12.8. The molecule has 3 rings (SSSR count). The van der Waals surface area contributed by atoms with Crippen LogP contribution >= 0.6 is 0 Å². The lowest BCUT2D eigenvalue weighted by atomic mass is 9.88. The molecule has 1 aromatic heterocycles. The van der Waals surface area contributed by atoms with Crippen LogP contribution in [0.3, 0.4) is 0 Å². The van der Waals surface area contributed by atoms with Crippen molar-refractivity contribution < 1.29 is 4.79 Å². The van der Waals surface area contributed by atoms with Crippen LogP contribution in [-0.2, 0) is 13.1 Å². The van der Waals surface area contributed by atoms with Gasteiger partial charge in [0.05, 0.1) is 5.69 Å². The largest absolute Gasteiger partial charge is 0.348 e. The van der Waals surface area contributed by atoms with Gasteiger partial charge in [0.2, 0.25) is 0 Å². The van der Waals surface area contributed by atoms with Gasteiger partial charge in [-0.2, -0.15) is 0 Å². The van der Waals surface area contributed by atoms with Crippen molar-refractivity contribution in [3.05, 3.63) is 41.7 Å². The number of carbonyl (C=O) groups excluding carboxylic acids is 1. The number of amides is 1. The number of nitrogens with one attached hydrogen (secondary N) is 2. The number of rotatable bonds is 3. The van der Waals surface area contributed by atoms with Gasteiger partial charge in [-0.05, 0) is 12.3 Å². The van der Waals surface area contributed by atoms with Crippen LogP contribution in [-0.4, -0.2) is 28.0 Å². The summed E-state index contributed by atoms with van der Waals surface area (Å²) < 4.78 is 2.17. The molecule has 128 valence electrons. The molecule has 1 aliphatic heterocycles. The molecule has 0 saturated carbocycles. The highest BCUT2D eigenvalue weighted by molar-refractivity contribution is 5.94. The first kappa shape index (κ1) is 16.7. The van der Waals surface area contributed by atoms with Gasteiger partial charge in [-0.15, -0.1) is 0 Å². The Labute approximate surface area is 143 Å². The first-order valence-electron chi connectivity index (χ1n) is 8.54. The highest BCUT2D eigenvalue weighted by Crippen LogP contribution is 2.25. The zero-order valence-electron chi connectivity index (χ0n) is 14.9. The van der Waals surface area contributed by atoms with E-state index in [9.17, 15) is 4.79 Å². The molecule has 0 saturated heterocycles. The van der Waals surface area contributed by atoms with Crippen molar-refractivity contribution >= 4 is 5.91 Å². The molecule has 1 atom stereocenters. The van der Waals surface area contributed by atoms with Crippen LogP contribution in [0.15, 0.2) is 30.3 Å². The maximum Gasteiger partial charge on any atom is 0.272 e. The molecule has 5 nitrogen and oxygen atoms in total. The van der Waals surface area contributed by atoms with E-state index in [2.05, 4.69) is 36.0 Å². The molecule has 2 aromatic rings. The SMILES string of the molecule is C[C@@H](NC(=O)c1nc(-c2ccccc2)n2c1CNCC2)C(C)(C)C. The predicted molar refractivity (Wildman–Crippen MR) is 95.8 cm³/mol. The zero-order chi connectivity index (χ0) is 17.3. The molecular formula is C19H26N4O. The molecule has 0 bridgehead atoms. The van der Waals surface area contributed by atoms with Gasteiger partial charge >= 0.3 is 0 Å². The summed E-state index contributed by atoms with van der Waals surface area (Å²) in [7, 11) is 0. The Kier molecular flexibility index (Phi) is 4.45. The first-order valence-corrected chi connectivity index (χ1v) is 8.54. The van der Waals surface area contributed by atoms with Crippen molar-refractivity contribution in [2.45, 2.75) is 46.8 Å². The summed E-state index contributed by atoms with van der Waals surface area (Å²) in [6.45, 7) is 10.8. The molecule has 1 aliphatic rings. The Morgan fingerprint density at radius 1 is 1.29 bits per heavy atom. The number of nitrogens with zero attached hydrogens (tertiary/aromatic N) is 2. The van der Waals surface area contributed by atoms with E-state index in [0.717, 1.165) is 30.2 Å². The second-order valence-electron chi connectivity index (χ2n) is 7.49. The molecule has 1 amide bonds.